The van der Waals surface area contributed by atoms with Crippen LogP contribution < -0.4 is 0 Å². The summed E-state index contributed by atoms with van der Waals surface area (Å²) >= 11 is 0. The molecule has 0 aliphatic carbocycles. The zero-order chi connectivity index (χ0) is 20.2. The van der Waals surface area contributed by atoms with Gasteiger partial charge in [-0.3, -0.25) is 19.9 Å². The molecule has 29 heavy (non-hydrogen) atoms. The van der Waals surface area contributed by atoms with Gasteiger partial charge in [-0.1, -0.05) is 47.1 Å². The third kappa shape index (κ3) is 4.85. The Kier molecular flexibility index (Phi) is 5.64. The number of non-ortho nitro benzene ring substituents is 1. The van der Waals surface area contributed by atoms with Crippen LogP contribution in [0.4, 0.5) is 5.69 Å². The number of hydrogen-bond acceptors (Lipinski definition) is 7. The number of rotatable bonds is 6. The maximum absolute atomic E-state index is 10.9. The maximum atomic E-state index is 10.9. The fraction of sp³-hybridized carbons (Fsp3) is 0.333. The van der Waals surface area contributed by atoms with Gasteiger partial charge < -0.3 is 4.52 Å². The quantitative estimate of drug-likeness (QED) is 0.469. The van der Waals surface area contributed by atoms with E-state index in [0.29, 0.717) is 24.8 Å². The Hall–Kier alpha value is -3.10. The van der Waals surface area contributed by atoms with Crippen molar-refractivity contribution in [2.24, 2.45) is 0 Å². The second kappa shape index (κ2) is 8.50. The second-order valence-corrected chi connectivity index (χ2v) is 7.36. The summed E-state index contributed by atoms with van der Waals surface area (Å²) in [5.41, 5.74) is 3.25. The highest BCUT2D eigenvalue weighted by molar-refractivity contribution is 5.54. The molecular formula is C21H23N5O3. The molecule has 2 heterocycles. The van der Waals surface area contributed by atoms with Gasteiger partial charge in [0.1, 0.15) is 0 Å². The molecular weight excluding hydrogens is 370 g/mol. The van der Waals surface area contributed by atoms with Crippen molar-refractivity contribution in [3.05, 3.63) is 75.7 Å². The van der Waals surface area contributed by atoms with E-state index in [9.17, 15) is 10.1 Å². The summed E-state index contributed by atoms with van der Waals surface area (Å²) in [5, 5.41) is 15.0. The van der Waals surface area contributed by atoms with Gasteiger partial charge in [0, 0.05) is 50.4 Å². The monoisotopic (exact) mass is 393 g/mol. The molecule has 2 aromatic carbocycles. The number of nitrogens with zero attached hydrogens (tertiary/aromatic N) is 5. The fourth-order valence-electron chi connectivity index (χ4n) is 3.46. The number of piperazine rings is 1. The molecule has 1 fully saturated rings. The van der Waals surface area contributed by atoms with Gasteiger partial charge in [0.2, 0.25) is 11.7 Å². The van der Waals surface area contributed by atoms with Crippen LogP contribution in [0.3, 0.4) is 0 Å². The van der Waals surface area contributed by atoms with Gasteiger partial charge >= 0.3 is 0 Å². The third-order valence-corrected chi connectivity index (χ3v) is 5.13. The lowest BCUT2D eigenvalue weighted by Gasteiger charge is -2.33. The normalized spacial score (nSPS) is 15.5. The molecule has 0 bridgehead atoms. The van der Waals surface area contributed by atoms with Crippen molar-refractivity contribution in [3.8, 4) is 11.4 Å². The zero-order valence-electron chi connectivity index (χ0n) is 16.3. The largest absolute Gasteiger partial charge is 0.338 e. The first-order chi connectivity index (χ1) is 14.1. The van der Waals surface area contributed by atoms with Crippen LogP contribution in [-0.2, 0) is 13.1 Å². The molecule has 0 atom stereocenters. The van der Waals surface area contributed by atoms with Crippen LogP contribution in [-0.4, -0.2) is 51.0 Å². The van der Waals surface area contributed by atoms with Gasteiger partial charge in [0.25, 0.3) is 5.69 Å². The van der Waals surface area contributed by atoms with Gasteiger partial charge in [0.05, 0.1) is 11.5 Å². The van der Waals surface area contributed by atoms with Gasteiger partial charge in [-0.05, 0) is 12.5 Å². The summed E-state index contributed by atoms with van der Waals surface area (Å²) in [6, 6.07) is 14.9. The summed E-state index contributed by atoms with van der Waals surface area (Å²) < 4.78 is 5.43. The van der Waals surface area contributed by atoms with Crippen LogP contribution in [0.25, 0.3) is 11.4 Å². The van der Waals surface area contributed by atoms with Crippen molar-refractivity contribution in [1.82, 2.24) is 19.9 Å². The highest BCUT2D eigenvalue weighted by atomic mass is 16.6. The summed E-state index contributed by atoms with van der Waals surface area (Å²) in [4.78, 5) is 19.7. The highest BCUT2D eigenvalue weighted by Gasteiger charge is 2.20. The topological polar surface area (TPSA) is 88.5 Å². The number of nitro benzene ring substituents is 1. The van der Waals surface area contributed by atoms with Crippen molar-refractivity contribution in [2.75, 3.05) is 26.2 Å². The Bertz CT molecular complexity index is 978. The minimum absolute atomic E-state index is 0.141. The number of hydrogen-bond donors (Lipinski definition) is 0. The molecule has 0 radical (unpaired) electrons. The molecule has 1 aliphatic heterocycles. The lowest BCUT2D eigenvalue weighted by atomic mass is 10.1. The van der Waals surface area contributed by atoms with E-state index in [4.69, 9.17) is 4.52 Å². The molecule has 150 valence electrons. The Balaban J connectivity index is 1.30. The van der Waals surface area contributed by atoms with Crippen LogP contribution in [0.5, 0.6) is 0 Å². The Morgan fingerprint density at radius 1 is 1.03 bits per heavy atom. The summed E-state index contributed by atoms with van der Waals surface area (Å²) in [7, 11) is 0. The molecule has 0 spiro atoms. The molecule has 0 amide bonds. The first-order valence-corrected chi connectivity index (χ1v) is 9.64. The average Bonchev–Trinajstić information content (AvgIpc) is 3.19. The van der Waals surface area contributed by atoms with Crippen LogP contribution in [0, 0.1) is 17.0 Å². The van der Waals surface area contributed by atoms with E-state index in [-0.39, 0.29) is 10.6 Å². The SMILES string of the molecule is Cc1ccc(-c2noc(CN3CCN(Cc4cccc([N+](=O)[O-])c4)CC3)n2)cc1. The van der Waals surface area contributed by atoms with Gasteiger partial charge in [-0.15, -0.1) is 0 Å². The lowest BCUT2D eigenvalue weighted by Crippen LogP contribution is -2.45. The van der Waals surface area contributed by atoms with E-state index in [2.05, 4.69) is 19.9 Å². The predicted molar refractivity (Wildman–Crippen MR) is 108 cm³/mol. The number of aromatic nitrogens is 2. The van der Waals surface area contributed by atoms with E-state index >= 15 is 0 Å². The summed E-state index contributed by atoms with van der Waals surface area (Å²) in [6.07, 6.45) is 0. The second-order valence-electron chi connectivity index (χ2n) is 7.36. The van der Waals surface area contributed by atoms with E-state index < -0.39 is 0 Å². The minimum atomic E-state index is -0.350. The van der Waals surface area contributed by atoms with Crippen molar-refractivity contribution in [2.45, 2.75) is 20.0 Å². The molecule has 1 saturated heterocycles. The predicted octanol–water partition coefficient (Wildman–Crippen LogP) is 3.27. The molecule has 3 aromatic rings. The molecule has 1 aromatic heterocycles. The number of nitro groups is 1. The number of aryl methyl sites for hydroxylation is 1. The van der Waals surface area contributed by atoms with Crippen LogP contribution >= 0.6 is 0 Å². The smallest absolute Gasteiger partial charge is 0.269 e. The molecule has 0 saturated carbocycles. The molecule has 0 unspecified atom stereocenters. The Morgan fingerprint density at radius 3 is 2.41 bits per heavy atom. The van der Waals surface area contributed by atoms with Crippen LogP contribution in [0.15, 0.2) is 53.1 Å². The molecule has 8 nitrogen and oxygen atoms in total. The molecule has 0 N–H and O–H groups in total. The lowest BCUT2D eigenvalue weighted by molar-refractivity contribution is -0.384. The molecule has 4 rings (SSSR count). The van der Waals surface area contributed by atoms with E-state index in [1.165, 1.54) is 11.6 Å². The molecule has 8 heteroatoms. The highest BCUT2D eigenvalue weighted by Crippen LogP contribution is 2.18. The Morgan fingerprint density at radius 2 is 1.72 bits per heavy atom. The van der Waals surface area contributed by atoms with E-state index in [1.807, 2.05) is 37.3 Å². The van der Waals surface area contributed by atoms with Gasteiger partial charge in [-0.2, -0.15) is 4.98 Å². The average molecular weight is 393 g/mol. The zero-order valence-corrected chi connectivity index (χ0v) is 16.3. The van der Waals surface area contributed by atoms with E-state index in [0.717, 1.165) is 37.3 Å². The van der Waals surface area contributed by atoms with Crippen molar-refractivity contribution in [3.63, 3.8) is 0 Å². The van der Waals surface area contributed by atoms with Crippen molar-refractivity contribution < 1.29 is 9.45 Å². The Labute approximate surface area is 168 Å². The number of benzene rings is 2. The van der Waals surface area contributed by atoms with E-state index in [1.54, 1.807) is 12.1 Å². The first kappa shape index (κ1) is 19.2. The summed E-state index contributed by atoms with van der Waals surface area (Å²) in [6.45, 7) is 6.94. The third-order valence-electron chi connectivity index (χ3n) is 5.13. The van der Waals surface area contributed by atoms with Crippen LogP contribution in [0.1, 0.15) is 17.0 Å². The van der Waals surface area contributed by atoms with Gasteiger partial charge in [0.15, 0.2) is 0 Å². The van der Waals surface area contributed by atoms with Crippen LogP contribution in [0.2, 0.25) is 0 Å². The van der Waals surface area contributed by atoms with Gasteiger partial charge in [-0.25, -0.2) is 0 Å². The first-order valence-electron chi connectivity index (χ1n) is 9.64. The maximum Gasteiger partial charge on any atom is 0.269 e. The van der Waals surface area contributed by atoms with Crippen molar-refractivity contribution in [1.29, 1.82) is 0 Å². The fourth-order valence-corrected chi connectivity index (χ4v) is 3.46. The molecule has 1 aliphatic rings. The summed E-state index contributed by atoms with van der Waals surface area (Å²) in [5.74, 6) is 1.23. The minimum Gasteiger partial charge on any atom is -0.338 e. The van der Waals surface area contributed by atoms with Crippen molar-refractivity contribution >= 4 is 5.69 Å². The standard InChI is InChI=1S/C21H23N5O3/c1-16-5-7-18(8-6-16)21-22-20(29-23-21)15-25-11-9-24(10-12-25)14-17-3-2-4-19(13-17)26(27)28/h2-8,13H,9-12,14-15H2,1H3.